The quantitative estimate of drug-likeness (QED) is 0.185. The number of hydrogen-bond donors (Lipinski definition) is 3. The number of alkyl carbamates (subject to hydrolysis) is 1. The number of nitrogens with one attached hydrogen (secondary N) is 2. The van der Waals surface area contributed by atoms with Crippen molar-refractivity contribution in [2.75, 3.05) is 26.3 Å². The molecule has 10 nitrogen and oxygen atoms in total. The van der Waals surface area contributed by atoms with Crippen LogP contribution in [0.15, 0.2) is 84.9 Å². The number of nitrogens with zero attached hydrogens (tertiary/aromatic N) is 1. The Morgan fingerprint density at radius 2 is 1.53 bits per heavy atom. The molecule has 1 saturated heterocycles. The number of hydrogen-bond acceptors (Lipinski definition) is 8. The zero-order valence-corrected chi connectivity index (χ0v) is 30.1. The van der Waals surface area contributed by atoms with Gasteiger partial charge in [-0.05, 0) is 88.7 Å². The minimum Gasteiger partial charge on any atom is -0.484 e. The molecule has 2 amide bonds. The predicted octanol–water partition coefficient (Wildman–Crippen LogP) is 3.33. The van der Waals surface area contributed by atoms with Crippen LogP contribution >= 0.6 is 0 Å². The van der Waals surface area contributed by atoms with Crippen molar-refractivity contribution in [3.63, 3.8) is 0 Å². The van der Waals surface area contributed by atoms with Crippen LogP contribution < -0.4 is 20.6 Å². The standard InChI is InChI=1S/C38H49N3O7Si/c1-37(2,3)48-36(44)40-31-22-30(23-31)39-34(42)26-46-32-14-10-13-29(21-32)38(45,49-33-15-8-5-9-16-33)35(43)47-25-28-17-19-41(20-18-28)24-27-11-6-4-7-12-27/h4-16,21,28,30-31,45H,17-20,22-26,49H2,1-3H3,(H,39,42)(H,40,44)/t30-,31-,38-/m1/s1. The maximum atomic E-state index is 13.7. The summed E-state index contributed by atoms with van der Waals surface area (Å²) in [5, 5.41) is 16.9. The summed E-state index contributed by atoms with van der Waals surface area (Å²) in [4.78, 5) is 40.8. The molecule has 49 heavy (non-hydrogen) atoms. The fraction of sp³-hybridized carbons (Fsp3) is 0.447. The molecule has 11 heteroatoms. The second-order valence-corrected chi connectivity index (χ2v) is 16.4. The van der Waals surface area contributed by atoms with Gasteiger partial charge in [-0.25, -0.2) is 9.59 Å². The second-order valence-electron chi connectivity index (χ2n) is 14.2. The molecule has 5 rings (SSSR count). The van der Waals surface area contributed by atoms with Crippen molar-refractivity contribution in [2.45, 2.75) is 75.9 Å². The third-order valence-corrected chi connectivity index (χ3v) is 11.0. The van der Waals surface area contributed by atoms with Gasteiger partial charge < -0.3 is 30.0 Å². The lowest BCUT2D eigenvalue weighted by atomic mass is 9.87. The number of carbonyl (C=O) groups excluding carboxylic acids is 3. The number of likely N-dealkylation sites (tertiary alicyclic amines) is 1. The van der Waals surface area contributed by atoms with Crippen LogP contribution in [-0.2, 0) is 30.8 Å². The number of ether oxygens (including phenoxy) is 3. The van der Waals surface area contributed by atoms with E-state index < -0.39 is 32.4 Å². The highest BCUT2D eigenvalue weighted by molar-refractivity contribution is 6.60. The Labute approximate surface area is 291 Å². The van der Waals surface area contributed by atoms with Crippen LogP contribution in [0, 0.1) is 5.92 Å². The lowest BCUT2D eigenvalue weighted by Crippen LogP contribution is -2.55. The summed E-state index contributed by atoms with van der Waals surface area (Å²) < 4.78 is 17.0. The third-order valence-electron chi connectivity index (χ3n) is 8.95. The molecular weight excluding hydrogens is 639 g/mol. The van der Waals surface area contributed by atoms with Gasteiger partial charge in [0.05, 0.1) is 6.61 Å². The van der Waals surface area contributed by atoms with Gasteiger partial charge in [0.15, 0.2) is 11.8 Å². The van der Waals surface area contributed by atoms with Crippen LogP contribution in [0.2, 0.25) is 0 Å². The van der Waals surface area contributed by atoms with Crippen molar-refractivity contribution in [1.82, 2.24) is 15.5 Å². The van der Waals surface area contributed by atoms with E-state index in [-0.39, 0.29) is 37.1 Å². The average Bonchev–Trinajstić information content (AvgIpc) is 3.06. The van der Waals surface area contributed by atoms with E-state index in [1.165, 1.54) is 5.56 Å². The summed E-state index contributed by atoms with van der Waals surface area (Å²) >= 11 is 0. The molecule has 1 saturated carbocycles. The minimum absolute atomic E-state index is 0.0589. The third kappa shape index (κ3) is 10.9. The molecule has 0 unspecified atom stereocenters. The Hall–Kier alpha value is -4.19. The summed E-state index contributed by atoms with van der Waals surface area (Å²) in [7, 11) is -1.61. The molecule has 1 heterocycles. The topological polar surface area (TPSA) is 126 Å². The van der Waals surface area contributed by atoms with E-state index in [2.05, 4.69) is 39.8 Å². The fourth-order valence-electron chi connectivity index (χ4n) is 6.24. The molecule has 3 N–H and O–H groups in total. The molecule has 1 atom stereocenters. The summed E-state index contributed by atoms with van der Waals surface area (Å²) in [6.45, 7) is 8.21. The number of amides is 2. The number of esters is 1. The van der Waals surface area contributed by atoms with Crippen LogP contribution in [0.3, 0.4) is 0 Å². The maximum Gasteiger partial charge on any atom is 0.407 e. The highest BCUT2D eigenvalue weighted by Gasteiger charge is 2.41. The number of piperidine rings is 1. The van der Waals surface area contributed by atoms with Crippen LogP contribution in [-0.4, -0.2) is 81.5 Å². The molecule has 0 spiro atoms. The van der Waals surface area contributed by atoms with Crippen LogP contribution in [0.4, 0.5) is 4.79 Å². The van der Waals surface area contributed by atoms with Crippen molar-refractivity contribution in [2.24, 2.45) is 5.92 Å². The van der Waals surface area contributed by atoms with E-state index >= 15 is 0 Å². The highest BCUT2D eigenvalue weighted by atomic mass is 28.2. The molecule has 3 aromatic carbocycles. The van der Waals surface area contributed by atoms with E-state index in [4.69, 9.17) is 14.2 Å². The largest absolute Gasteiger partial charge is 0.484 e. The van der Waals surface area contributed by atoms with E-state index in [0.29, 0.717) is 24.2 Å². The lowest BCUT2D eigenvalue weighted by Gasteiger charge is -2.36. The molecule has 1 aliphatic carbocycles. The van der Waals surface area contributed by atoms with Gasteiger partial charge >= 0.3 is 12.1 Å². The van der Waals surface area contributed by atoms with Crippen molar-refractivity contribution in [1.29, 1.82) is 0 Å². The van der Waals surface area contributed by atoms with E-state index in [0.717, 1.165) is 37.7 Å². The van der Waals surface area contributed by atoms with Crippen molar-refractivity contribution >= 4 is 32.7 Å². The number of aliphatic hydroxyl groups is 1. The summed E-state index contributed by atoms with van der Waals surface area (Å²) in [5.41, 5.74) is 1.10. The van der Waals surface area contributed by atoms with Gasteiger partial charge in [-0.3, -0.25) is 9.69 Å². The molecule has 2 fully saturated rings. The van der Waals surface area contributed by atoms with Gasteiger partial charge in [0.1, 0.15) is 20.9 Å². The molecule has 262 valence electrons. The van der Waals surface area contributed by atoms with Crippen LogP contribution in [0.1, 0.15) is 57.6 Å². The summed E-state index contributed by atoms with van der Waals surface area (Å²) in [6, 6.07) is 26.6. The van der Waals surface area contributed by atoms with E-state index in [1.807, 2.05) is 57.2 Å². The summed E-state index contributed by atoms with van der Waals surface area (Å²) in [6.07, 6.45) is 2.58. The van der Waals surface area contributed by atoms with Gasteiger partial charge in [-0.1, -0.05) is 78.0 Å². The maximum absolute atomic E-state index is 13.7. The van der Waals surface area contributed by atoms with Crippen molar-refractivity contribution < 1.29 is 33.7 Å². The van der Waals surface area contributed by atoms with Gasteiger partial charge in [0.25, 0.3) is 5.91 Å². The Bertz CT molecular complexity index is 1540. The van der Waals surface area contributed by atoms with E-state index in [9.17, 15) is 19.5 Å². The number of carbonyl (C=O) groups is 3. The first-order valence-electron chi connectivity index (χ1n) is 17.2. The Balaban J connectivity index is 1.13. The summed E-state index contributed by atoms with van der Waals surface area (Å²) in [5.74, 6) is -0.353. The zero-order valence-electron chi connectivity index (χ0n) is 28.7. The number of rotatable bonds is 13. The Morgan fingerprint density at radius 1 is 0.878 bits per heavy atom. The first-order valence-corrected chi connectivity index (χ1v) is 18.6. The normalized spacial score (nSPS) is 19.8. The second kappa shape index (κ2) is 16.5. The molecule has 1 aliphatic heterocycles. The fourth-order valence-corrected chi connectivity index (χ4v) is 8.01. The van der Waals surface area contributed by atoms with Crippen molar-refractivity contribution in [3.8, 4) is 5.75 Å². The first kappa shape index (κ1) is 36.1. The van der Waals surface area contributed by atoms with Gasteiger partial charge in [0.2, 0.25) is 0 Å². The Morgan fingerprint density at radius 3 is 2.20 bits per heavy atom. The molecular formula is C38H49N3O7Si. The minimum atomic E-state index is -1.82. The molecule has 0 radical (unpaired) electrons. The molecule has 3 aromatic rings. The van der Waals surface area contributed by atoms with Crippen LogP contribution in [0.25, 0.3) is 0 Å². The Kier molecular flexibility index (Phi) is 12.1. The van der Waals surface area contributed by atoms with E-state index in [1.54, 1.807) is 24.3 Å². The zero-order chi connectivity index (χ0) is 34.9. The van der Waals surface area contributed by atoms with Crippen molar-refractivity contribution in [3.05, 3.63) is 96.1 Å². The number of benzene rings is 3. The van der Waals surface area contributed by atoms with Gasteiger partial charge in [-0.15, -0.1) is 0 Å². The first-order chi connectivity index (χ1) is 23.4. The SMILES string of the molecule is CC(C)(C)OC(=O)N[C@H]1C[C@H](NC(=O)COc2cccc([C@@](O)([SiH2]c3ccccc3)C(=O)OCC3CCN(Cc4ccccc4)CC3)c2)C1. The highest BCUT2D eigenvalue weighted by Crippen LogP contribution is 2.28. The molecule has 0 bridgehead atoms. The van der Waals surface area contributed by atoms with Gasteiger partial charge in [-0.2, -0.15) is 0 Å². The molecule has 2 aliphatic rings. The van der Waals surface area contributed by atoms with Crippen LogP contribution in [0.5, 0.6) is 5.75 Å². The molecule has 0 aromatic heterocycles. The monoisotopic (exact) mass is 687 g/mol. The average molecular weight is 688 g/mol. The lowest BCUT2D eigenvalue weighted by molar-refractivity contribution is -0.160. The predicted molar refractivity (Wildman–Crippen MR) is 190 cm³/mol. The van der Waals surface area contributed by atoms with Gasteiger partial charge in [0, 0.05) is 18.6 Å². The smallest absolute Gasteiger partial charge is 0.407 e.